The predicted molar refractivity (Wildman–Crippen MR) is 75.1 cm³/mol. The Balaban J connectivity index is 2.12. The van der Waals surface area contributed by atoms with Crippen molar-refractivity contribution < 1.29 is 14.7 Å². The van der Waals surface area contributed by atoms with Gasteiger partial charge in [-0.2, -0.15) is 0 Å². The number of carbonyl (C=O) groups is 2. The zero-order chi connectivity index (χ0) is 14.5. The second kappa shape index (κ2) is 5.83. The molecule has 0 aliphatic rings. The molecular weight excluding hydrogens is 258 g/mol. The summed E-state index contributed by atoms with van der Waals surface area (Å²) in [6, 6.07) is 10.1. The second-order valence-corrected chi connectivity index (χ2v) is 4.09. The summed E-state index contributed by atoms with van der Waals surface area (Å²) >= 11 is 0. The lowest BCUT2D eigenvalue weighted by atomic mass is 10.2. The van der Waals surface area contributed by atoms with Crippen molar-refractivity contribution in [2.45, 2.75) is 0 Å². The SMILES string of the molecule is CN(C(=O)Nc1cncc(C(=O)O)c1)c1ccccc1. The molecule has 2 aromatic rings. The number of para-hydroxylation sites is 1. The highest BCUT2D eigenvalue weighted by atomic mass is 16.4. The second-order valence-electron chi connectivity index (χ2n) is 4.09. The van der Waals surface area contributed by atoms with Crippen molar-refractivity contribution in [1.82, 2.24) is 4.98 Å². The number of urea groups is 1. The molecule has 1 aromatic heterocycles. The number of aromatic carboxylic acids is 1. The molecule has 0 atom stereocenters. The summed E-state index contributed by atoms with van der Waals surface area (Å²) in [5.41, 5.74) is 1.08. The first-order valence-corrected chi connectivity index (χ1v) is 5.86. The highest BCUT2D eigenvalue weighted by Crippen LogP contribution is 2.14. The highest BCUT2D eigenvalue weighted by molar-refractivity contribution is 6.01. The van der Waals surface area contributed by atoms with E-state index in [1.165, 1.54) is 23.4 Å². The van der Waals surface area contributed by atoms with Crippen molar-refractivity contribution in [3.05, 3.63) is 54.4 Å². The Kier molecular flexibility index (Phi) is 3.95. The van der Waals surface area contributed by atoms with Crippen LogP contribution >= 0.6 is 0 Å². The van der Waals surface area contributed by atoms with E-state index < -0.39 is 5.97 Å². The average molecular weight is 271 g/mol. The summed E-state index contributed by atoms with van der Waals surface area (Å²) in [5, 5.41) is 11.5. The normalized spacial score (nSPS) is 9.85. The third kappa shape index (κ3) is 3.11. The fourth-order valence-corrected chi connectivity index (χ4v) is 1.60. The van der Waals surface area contributed by atoms with Gasteiger partial charge < -0.3 is 10.4 Å². The summed E-state index contributed by atoms with van der Waals surface area (Å²) in [7, 11) is 1.62. The molecule has 6 nitrogen and oxygen atoms in total. The Morgan fingerprint density at radius 2 is 1.90 bits per heavy atom. The molecule has 0 radical (unpaired) electrons. The van der Waals surface area contributed by atoms with Crippen LogP contribution in [0.15, 0.2) is 48.8 Å². The van der Waals surface area contributed by atoms with Crippen LogP contribution in [0, 0.1) is 0 Å². The predicted octanol–water partition coefficient (Wildman–Crippen LogP) is 2.45. The van der Waals surface area contributed by atoms with Crippen molar-refractivity contribution in [3.63, 3.8) is 0 Å². The Bertz CT molecular complexity index is 629. The van der Waals surface area contributed by atoms with E-state index in [0.29, 0.717) is 5.69 Å². The maximum Gasteiger partial charge on any atom is 0.337 e. The van der Waals surface area contributed by atoms with Crippen LogP contribution in [0.3, 0.4) is 0 Å². The largest absolute Gasteiger partial charge is 0.478 e. The molecule has 0 spiro atoms. The summed E-state index contributed by atoms with van der Waals surface area (Å²) in [4.78, 5) is 28.1. The van der Waals surface area contributed by atoms with E-state index >= 15 is 0 Å². The minimum atomic E-state index is -1.09. The first kappa shape index (κ1) is 13.5. The monoisotopic (exact) mass is 271 g/mol. The number of carboxylic acids is 1. The molecular formula is C14H13N3O3. The van der Waals surface area contributed by atoms with Crippen molar-refractivity contribution >= 4 is 23.4 Å². The molecule has 1 heterocycles. The number of nitrogens with one attached hydrogen (secondary N) is 1. The molecule has 0 aliphatic heterocycles. The van der Waals surface area contributed by atoms with Gasteiger partial charge in [-0.05, 0) is 18.2 Å². The Morgan fingerprint density at radius 1 is 1.20 bits per heavy atom. The van der Waals surface area contributed by atoms with Gasteiger partial charge in [0.1, 0.15) is 0 Å². The number of amides is 2. The van der Waals surface area contributed by atoms with E-state index in [9.17, 15) is 9.59 Å². The van der Waals surface area contributed by atoms with E-state index in [2.05, 4.69) is 10.3 Å². The first-order chi connectivity index (χ1) is 9.58. The summed E-state index contributed by atoms with van der Waals surface area (Å²) in [6.07, 6.45) is 2.61. The molecule has 1 aromatic carbocycles. The lowest BCUT2D eigenvalue weighted by Gasteiger charge is -2.17. The van der Waals surface area contributed by atoms with Crippen molar-refractivity contribution in [2.24, 2.45) is 0 Å². The van der Waals surface area contributed by atoms with Gasteiger partial charge in [0.05, 0.1) is 17.4 Å². The van der Waals surface area contributed by atoms with Gasteiger partial charge in [0.25, 0.3) is 0 Å². The minimum absolute atomic E-state index is 0.0187. The smallest absolute Gasteiger partial charge is 0.337 e. The third-order valence-electron chi connectivity index (χ3n) is 2.68. The van der Waals surface area contributed by atoms with Gasteiger partial charge >= 0.3 is 12.0 Å². The molecule has 0 aliphatic carbocycles. The first-order valence-electron chi connectivity index (χ1n) is 5.86. The molecule has 20 heavy (non-hydrogen) atoms. The van der Waals surface area contributed by atoms with Crippen molar-refractivity contribution in [1.29, 1.82) is 0 Å². The maximum atomic E-state index is 12.0. The topological polar surface area (TPSA) is 82.5 Å². The van der Waals surface area contributed by atoms with Gasteiger partial charge in [-0.1, -0.05) is 18.2 Å². The van der Waals surface area contributed by atoms with Crippen molar-refractivity contribution in [2.75, 3.05) is 17.3 Å². The maximum absolute atomic E-state index is 12.0. The van der Waals surface area contributed by atoms with Crippen LogP contribution in [0.4, 0.5) is 16.2 Å². The minimum Gasteiger partial charge on any atom is -0.478 e. The number of nitrogens with zero attached hydrogens (tertiary/aromatic N) is 2. The number of hydrogen-bond donors (Lipinski definition) is 2. The summed E-state index contributed by atoms with van der Waals surface area (Å²) in [6.45, 7) is 0. The van der Waals surface area contributed by atoms with E-state index in [4.69, 9.17) is 5.11 Å². The number of benzene rings is 1. The van der Waals surface area contributed by atoms with E-state index in [0.717, 1.165) is 5.69 Å². The third-order valence-corrected chi connectivity index (χ3v) is 2.68. The molecule has 2 amide bonds. The molecule has 2 N–H and O–H groups in total. The molecule has 102 valence electrons. The summed E-state index contributed by atoms with van der Waals surface area (Å²) in [5.74, 6) is -1.09. The molecule has 0 fully saturated rings. The van der Waals surface area contributed by atoms with E-state index in [1.807, 2.05) is 18.2 Å². The van der Waals surface area contributed by atoms with E-state index in [-0.39, 0.29) is 11.6 Å². The molecule has 2 rings (SSSR count). The van der Waals surface area contributed by atoms with Crippen LogP contribution < -0.4 is 10.2 Å². The number of hydrogen-bond acceptors (Lipinski definition) is 3. The van der Waals surface area contributed by atoms with Gasteiger partial charge in [0.2, 0.25) is 0 Å². The van der Waals surface area contributed by atoms with Crippen LogP contribution in [-0.4, -0.2) is 29.1 Å². The van der Waals surface area contributed by atoms with Crippen LogP contribution in [0.1, 0.15) is 10.4 Å². The van der Waals surface area contributed by atoms with Gasteiger partial charge in [-0.15, -0.1) is 0 Å². The zero-order valence-corrected chi connectivity index (χ0v) is 10.8. The number of anilines is 2. The number of rotatable bonds is 3. The molecule has 6 heteroatoms. The van der Waals surface area contributed by atoms with Gasteiger partial charge in [-0.3, -0.25) is 9.88 Å². The number of pyridine rings is 1. The molecule has 0 saturated carbocycles. The number of carboxylic acid groups (broad SMARTS) is 1. The summed E-state index contributed by atoms with van der Waals surface area (Å²) < 4.78 is 0. The average Bonchev–Trinajstić information content (AvgIpc) is 2.47. The van der Waals surface area contributed by atoms with Crippen LogP contribution in [0.2, 0.25) is 0 Å². The zero-order valence-electron chi connectivity index (χ0n) is 10.8. The Labute approximate surface area is 115 Å². The van der Waals surface area contributed by atoms with Crippen LogP contribution in [0.5, 0.6) is 0 Å². The Morgan fingerprint density at radius 3 is 2.55 bits per heavy atom. The van der Waals surface area contributed by atoms with E-state index in [1.54, 1.807) is 19.2 Å². The number of carbonyl (C=O) groups excluding carboxylic acids is 1. The molecule has 0 saturated heterocycles. The fourth-order valence-electron chi connectivity index (χ4n) is 1.60. The lowest BCUT2D eigenvalue weighted by Crippen LogP contribution is -2.31. The Hall–Kier alpha value is -2.89. The van der Waals surface area contributed by atoms with Crippen molar-refractivity contribution in [3.8, 4) is 0 Å². The van der Waals surface area contributed by atoms with Crippen LogP contribution in [-0.2, 0) is 0 Å². The highest BCUT2D eigenvalue weighted by Gasteiger charge is 2.12. The van der Waals surface area contributed by atoms with Crippen LogP contribution in [0.25, 0.3) is 0 Å². The number of aromatic nitrogens is 1. The standard InChI is InChI=1S/C14H13N3O3/c1-17(12-5-3-2-4-6-12)14(20)16-11-7-10(13(18)19)8-15-9-11/h2-9H,1H3,(H,16,20)(H,18,19). The molecule has 0 bridgehead atoms. The lowest BCUT2D eigenvalue weighted by molar-refractivity contribution is 0.0696. The van der Waals surface area contributed by atoms with Gasteiger partial charge in [0.15, 0.2) is 0 Å². The van der Waals surface area contributed by atoms with Gasteiger partial charge in [0, 0.05) is 18.9 Å². The van der Waals surface area contributed by atoms with Gasteiger partial charge in [-0.25, -0.2) is 9.59 Å². The quantitative estimate of drug-likeness (QED) is 0.898. The molecule has 0 unspecified atom stereocenters. The fraction of sp³-hybridized carbons (Fsp3) is 0.0714.